The summed E-state index contributed by atoms with van der Waals surface area (Å²) in [5.74, 6) is -0.626. The highest BCUT2D eigenvalue weighted by molar-refractivity contribution is 5.94. The number of esters is 1. The van der Waals surface area contributed by atoms with Gasteiger partial charge in [0.2, 0.25) is 0 Å². The molecule has 0 aliphatic carbocycles. The Bertz CT molecular complexity index is 590. The van der Waals surface area contributed by atoms with E-state index in [4.69, 9.17) is 4.74 Å². The normalized spacial score (nSPS) is 10.1. The molecule has 2 aromatic carbocycles. The van der Waals surface area contributed by atoms with Gasteiger partial charge in [0.15, 0.2) is 0 Å². The SMILES string of the molecule is Cc1ccccc1OC(=O)c1cc(O)ccc1O. The summed E-state index contributed by atoms with van der Waals surface area (Å²) in [6.07, 6.45) is 0. The van der Waals surface area contributed by atoms with Gasteiger partial charge in [-0.2, -0.15) is 0 Å². The van der Waals surface area contributed by atoms with Gasteiger partial charge in [-0.3, -0.25) is 0 Å². The molecule has 0 amide bonds. The van der Waals surface area contributed by atoms with Crippen molar-refractivity contribution < 1.29 is 19.7 Å². The molecule has 0 fully saturated rings. The summed E-state index contributed by atoms with van der Waals surface area (Å²) in [5.41, 5.74) is 0.740. The standard InChI is InChI=1S/C14H12O4/c1-9-4-2-3-5-13(9)18-14(17)11-8-10(15)6-7-12(11)16/h2-8,15-16H,1H3. The Morgan fingerprint density at radius 1 is 1.11 bits per heavy atom. The van der Waals surface area contributed by atoms with E-state index >= 15 is 0 Å². The molecule has 0 spiro atoms. The van der Waals surface area contributed by atoms with E-state index in [1.807, 2.05) is 19.1 Å². The molecule has 0 aromatic heterocycles. The Kier molecular flexibility index (Phi) is 3.19. The van der Waals surface area contributed by atoms with Crippen molar-refractivity contribution in [3.8, 4) is 17.2 Å². The van der Waals surface area contributed by atoms with Gasteiger partial charge in [-0.15, -0.1) is 0 Å². The number of aromatic hydroxyl groups is 2. The van der Waals surface area contributed by atoms with Crippen LogP contribution in [0.4, 0.5) is 0 Å². The lowest BCUT2D eigenvalue weighted by Gasteiger charge is -2.08. The molecule has 0 unspecified atom stereocenters. The second kappa shape index (κ2) is 4.79. The average molecular weight is 244 g/mol. The van der Waals surface area contributed by atoms with Crippen LogP contribution >= 0.6 is 0 Å². The van der Waals surface area contributed by atoms with Crippen LogP contribution in [0.3, 0.4) is 0 Å². The molecule has 0 heterocycles. The molecule has 4 nitrogen and oxygen atoms in total. The Labute approximate surface area is 104 Å². The number of carbonyl (C=O) groups excluding carboxylic acids is 1. The summed E-state index contributed by atoms with van der Waals surface area (Å²) in [4.78, 5) is 11.8. The summed E-state index contributed by atoms with van der Waals surface area (Å²) in [6, 6.07) is 10.7. The third-order valence-corrected chi connectivity index (χ3v) is 2.50. The molecular formula is C14H12O4. The Hall–Kier alpha value is -2.49. The van der Waals surface area contributed by atoms with Crippen LogP contribution in [-0.2, 0) is 0 Å². The van der Waals surface area contributed by atoms with Gasteiger partial charge in [0, 0.05) is 0 Å². The van der Waals surface area contributed by atoms with Crippen molar-refractivity contribution in [2.24, 2.45) is 0 Å². The predicted molar refractivity (Wildman–Crippen MR) is 65.9 cm³/mol. The highest BCUT2D eigenvalue weighted by Gasteiger charge is 2.15. The topological polar surface area (TPSA) is 66.8 Å². The first-order valence-electron chi connectivity index (χ1n) is 5.37. The maximum Gasteiger partial charge on any atom is 0.347 e. The van der Waals surface area contributed by atoms with Crippen molar-refractivity contribution in [3.05, 3.63) is 53.6 Å². The molecule has 2 rings (SSSR count). The van der Waals surface area contributed by atoms with Gasteiger partial charge >= 0.3 is 5.97 Å². The maximum absolute atomic E-state index is 11.8. The fraction of sp³-hybridized carbons (Fsp3) is 0.0714. The Balaban J connectivity index is 2.28. The van der Waals surface area contributed by atoms with Crippen LogP contribution in [0.1, 0.15) is 15.9 Å². The van der Waals surface area contributed by atoms with Crippen LogP contribution < -0.4 is 4.74 Å². The summed E-state index contributed by atoms with van der Waals surface area (Å²) in [6.45, 7) is 1.81. The average Bonchev–Trinajstić information content (AvgIpc) is 2.35. The highest BCUT2D eigenvalue weighted by Crippen LogP contribution is 2.24. The molecule has 4 heteroatoms. The maximum atomic E-state index is 11.8. The number of para-hydroxylation sites is 1. The second-order valence-corrected chi connectivity index (χ2v) is 3.86. The van der Waals surface area contributed by atoms with Crippen molar-refractivity contribution in [3.63, 3.8) is 0 Å². The quantitative estimate of drug-likeness (QED) is 0.484. The first kappa shape index (κ1) is 12.0. The van der Waals surface area contributed by atoms with Gasteiger partial charge in [0.1, 0.15) is 22.8 Å². The molecule has 2 aromatic rings. The fourth-order valence-electron chi connectivity index (χ4n) is 1.51. The number of carbonyl (C=O) groups is 1. The van der Waals surface area contributed by atoms with Crippen LogP contribution in [0.25, 0.3) is 0 Å². The zero-order valence-electron chi connectivity index (χ0n) is 9.75. The summed E-state index contributed by atoms with van der Waals surface area (Å²) in [5, 5.41) is 18.8. The zero-order chi connectivity index (χ0) is 13.1. The molecule has 18 heavy (non-hydrogen) atoms. The van der Waals surface area contributed by atoms with Crippen molar-refractivity contribution >= 4 is 5.97 Å². The first-order chi connectivity index (χ1) is 8.58. The first-order valence-corrected chi connectivity index (χ1v) is 5.37. The fourth-order valence-corrected chi connectivity index (χ4v) is 1.51. The molecule has 0 bridgehead atoms. The molecule has 0 aliphatic rings. The highest BCUT2D eigenvalue weighted by atomic mass is 16.5. The van der Waals surface area contributed by atoms with Crippen LogP contribution in [0, 0.1) is 6.92 Å². The number of aryl methyl sites for hydroxylation is 1. The summed E-state index contributed by atoms with van der Waals surface area (Å²) < 4.78 is 5.16. The van der Waals surface area contributed by atoms with Crippen LogP contribution in [-0.4, -0.2) is 16.2 Å². The molecule has 0 saturated carbocycles. The van der Waals surface area contributed by atoms with Crippen molar-refractivity contribution in [2.45, 2.75) is 6.92 Å². The van der Waals surface area contributed by atoms with E-state index in [0.29, 0.717) is 5.75 Å². The lowest BCUT2D eigenvalue weighted by atomic mass is 10.2. The Morgan fingerprint density at radius 3 is 2.56 bits per heavy atom. The van der Waals surface area contributed by atoms with Crippen LogP contribution in [0.15, 0.2) is 42.5 Å². The van der Waals surface area contributed by atoms with E-state index in [9.17, 15) is 15.0 Å². The van der Waals surface area contributed by atoms with Gasteiger partial charge < -0.3 is 14.9 Å². The lowest BCUT2D eigenvalue weighted by Crippen LogP contribution is -2.09. The number of ether oxygens (including phenoxy) is 1. The summed E-state index contributed by atoms with van der Waals surface area (Å²) in [7, 11) is 0. The summed E-state index contributed by atoms with van der Waals surface area (Å²) >= 11 is 0. The third-order valence-electron chi connectivity index (χ3n) is 2.50. The molecule has 2 N–H and O–H groups in total. The number of hydrogen-bond acceptors (Lipinski definition) is 4. The molecule has 0 saturated heterocycles. The number of benzene rings is 2. The van der Waals surface area contributed by atoms with E-state index in [1.54, 1.807) is 12.1 Å². The second-order valence-electron chi connectivity index (χ2n) is 3.86. The van der Waals surface area contributed by atoms with Gasteiger partial charge in [-0.25, -0.2) is 4.79 Å². The number of phenolic OH excluding ortho intramolecular Hbond substituents is 2. The molecule has 0 radical (unpaired) electrons. The monoisotopic (exact) mass is 244 g/mol. The van der Waals surface area contributed by atoms with E-state index < -0.39 is 5.97 Å². The number of phenols is 2. The Morgan fingerprint density at radius 2 is 1.83 bits per heavy atom. The van der Waals surface area contributed by atoms with E-state index in [0.717, 1.165) is 11.6 Å². The van der Waals surface area contributed by atoms with E-state index in [-0.39, 0.29) is 17.1 Å². The van der Waals surface area contributed by atoms with Crippen molar-refractivity contribution in [2.75, 3.05) is 0 Å². The number of hydrogen-bond donors (Lipinski definition) is 2. The van der Waals surface area contributed by atoms with E-state index in [2.05, 4.69) is 0 Å². The van der Waals surface area contributed by atoms with Gasteiger partial charge in [0.05, 0.1) is 0 Å². The number of rotatable bonds is 2. The predicted octanol–water partition coefficient (Wildman–Crippen LogP) is 2.63. The minimum absolute atomic E-state index is 0.0711. The van der Waals surface area contributed by atoms with Gasteiger partial charge in [-0.1, -0.05) is 18.2 Å². The van der Waals surface area contributed by atoms with Gasteiger partial charge in [0.25, 0.3) is 0 Å². The van der Waals surface area contributed by atoms with E-state index in [1.165, 1.54) is 12.1 Å². The lowest BCUT2D eigenvalue weighted by molar-refractivity contribution is 0.0730. The molecule has 0 aliphatic heterocycles. The van der Waals surface area contributed by atoms with Crippen molar-refractivity contribution in [1.29, 1.82) is 0 Å². The van der Waals surface area contributed by atoms with Crippen LogP contribution in [0.5, 0.6) is 17.2 Å². The third kappa shape index (κ3) is 2.43. The van der Waals surface area contributed by atoms with Crippen molar-refractivity contribution in [1.82, 2.24) is 0 Å². The minimum atomic E-state index is -0.710. The van der Waals surface area contributed by atoms with Crippen LogP contribution in [0.2, 0.25) is 0 Å². The largest absolute Gasteiger partial charge is 0.508 e. The molecule has 0 atom stereocenters. The molecule has 92 valence electrons. The smallest absolute Gasteiger partial charge is 0.347 e. The molecular weight excluding hydrogens is 232 g/mol. The minimum Gasteiger partial charge on any atom is -0.508 e. The van der Waals surface area contributed by atoms with Gasteiger partial charge in [-0.05, 0) is 36.8 Å². The zero-order valence-corrected chi connectivity index (χ0v) is 9.75.